The van der Waals surface area contributed by atoms with Gasteiger partial charge in [0.2, 0.25) is 0 Å². The van der Waals surface area contributed by atoms with Crippen molar-refractivity contribution in [1.29, 1.82) is 0 Å². The van der Waals surface area contributed by atoms with Crippen LogP contribution in [0, 0.1) is 22.0 Å². The standard InChI is InChI=1S/C16H14N2O3/c1-17(2)14-8-5-12(6-9-14)3-4-13-7-10-15(18(20)21)16(19)11-13/h5-11,19H,1-2H3. The molecule has 0 aliphatic carbocycles. The highest BCUT2D eigenvalue weighted by Crippen LogP contribution is 2.25. The first kappa shape index (κ1) is 14.4. The maximum absolute atomic E-state index is 10.6. The zero-order chi connectivity index (χ0) is 15.4. The highest BCUT2D eigenvalue weighted by Gasteiger charge is 2.11. The first-order chi connectivity index (χ1) is 9.97. The van der Waals surface area contributed by atoms with Crippen LogP contribution in [-0.2, 0) is 0 Å². The summed E-state index contributed by atoms with van der Waals surface area (Å²) in [4.78, 5) is 12.0. The Morgan fingerprint density at radius 3 is 2.14 bits per heavy atom. The zero-order valence-electron chi connectivity index (χ0n) is 11.7. The Labute approximate surface area is 122 Å². The van der Waals surface area contributed by atoms with Crippen LogP contribution >= 0.6 is 0 Å². The van der Waals surface area contributed by atoms with E-state index in [0.29, 0.717) is 5.56 Å². The minimum atomic E-state index is -0.632. The maximum atomic E-state index is 10.6. The van der Waals surface area contributed by atoms with Crippen molar-refractivity contribution in [3.63, 3.8) is 0 Å². The molecule has 1 N–H and O–H groups in total. The fourth-order valence-electron chi connectivity index (χ4n) is 1.74. The van der Waals surface area contributed by atoms with Crippen molar-refractivity contribution >= 4 is 11.4 Å². The number of aromatic hydroxyl groups is 1. The van der Waals surface area contributed by atoms with E-state index in [9.17, 15) is 15.2 Å². The van der Waals surface area contributed by atoms with Crippen molar-refractivity contribution < 1.29 is 10.0 Å². The molecule has 2 rings (SSSR count). The predicted octanol–water partition coefficient (Wildman–Crippen LogP) is 2.77. The number of phenols is 1. The molecule has 0 aliphatic heterocycles. The van der Waals surface area contributed by atoms with Crippen LogP contribution in [0.15, 0.2) is 42.5 Å². The number of anilines is 1. The van der Waals surface area contributed by atoms with Crippen LogP contribution in [0.4, 0.5) is 11.4 Å². The van der Waals surface area contributed by atoms with Gasteiger partial charge in [-0.3, -0.25) is 10.1 Å². The number of hydrogen-bond acceptors (Lipinski definition) is 4. The van der Waals surface area contributed by atoms with Gasteiger partial charge in [0.15, 0.2) is 5.75 Å². The van der Waals surface area contributed by atoms with Crippen molar-refractivity contribution in [3.8, 4) is 17.6 Å². The van der Waals surface area contributed by atoms with Crippen LogP contribution in [0.1, 0.15) is 11.1 Å². The van der Waals surface area contributed by atoms with Gasteiger partial charge in [0.25, 0.3) is 0 Å². The van der Waals surface area contributed by atoms with E-state index < -0.39 is 4.92 Å². The molecular formula is C16H14N2O3. The molecule has 0 heterocycles. The average Bonchev–Trinajstić information content (AvgIpc) is 2.45. The van der Waals surface area contributed by atoms with Crippen molar-refractivity contribution in [2.24, 2.45) is 0 Å². The predicted molar refractivity (Wildman–Crippen MR) is 81.5 cm³/mol. The monoisotopic (exact) mass is 282 g/mol. The second kappa shape index (κ2) is 5.97. The van der Waals surface area contributed by atoms with Crippen molar-refractivity contribution in [2.45, 2.75) is 0 Å². The van der Waals surface area contributed by atoms with Crippen LogP contribution in [0.5, 0.6) is 5.75 Å². The SMILES string of the molecule is CN(C)c1ccc(C#Cc2ccc([N+](=O)[O-])c(O)c2)cc1. The molecule has 2 aromatic carbocycles. The van der Waals surface area contributed by atoms with E-state index in [1.807, 2.05) is 43.3 Å². The topological polar surface area (TPSA) is 66.6 Å². The maximum Gasteiger partial charge on any atom is 0.310 e. The number of hydrogen-bond donors (Lipinski definition) is 1. The molecule has 0 saturated carbocycles. The van der Waals surface area contributed by atoms with Crippen molar-refractivity contribution in [3.05, 3.63) is 63.7 Å². The van der Waals surface area contributed by atoms with E-state index in [4.69, 9.17) is 0 Å². The summed E-state index contributed by atoms with van der Waals surface area (Å²) in [7, 11) is 3.92. The lowest BCUT2D eigenvalue weighted by molar-refractivity contribution is -0.385. The lowest BCUT2D eigenvalue weighted by Crippen LogP contribution is -2.07. The third-order valence-electron chi connectivity index (χ3n) is 2.91. The van der Waals surface area contributed by atoms with Gasteiger partial charge < -0.3 is 10.0 Å². The number of rotatable bonds is 2. The highest BCUT2D eigenvalue weighted by atomic mass is 16.6. The number of phenolic OH excluding ortho intramolecular Hbond substituents is 1. The molecule has 0 aliphatic rings. The second-order valence-electron chi connectivity index (χ2n) is 4.65. The van der Waals surface area contributed by atoms with Gasteiger partial charge in [-0.2, -0.15) is 0 Å². The summed E-state index contributed by atoms with van der Waals surface area (Å²) >= 11 is 0. The first-order valence-electron chi connectivity index (χ1n) is 6.24. The summed E-state index contributed by atoms with van der Waals surface area (Å²) in [6.45, 7) is 0. The summed E-state index contributed by atoms with van der Waals surface area (Å²) in [5.41, 5.74) is 2.11. The van der Waals surface area contributed by atoms with Gasteiger partial charge in [-0.25, -0.2) is 0 Å². The first-order valence-corrected chi connectivity index (χ1v) is 6.24. The Morgan fingerprint density at radius 1 is 1.05 bits per heavy atom. The number of nitro benzene ring substituents is 1. The molecule has 2 aromatic rings. The Bertz CT molecular complexity index is 725. The third kappa shape index (κ3) is 3.51. The quantitative estimate of drug-likeness (QED) is 0.522. The average molecular weight is 282 g/mol. The Morgan fingerprint density at radius 2 is 1.62 bits per heavy atom. The minimum Gasteiger partial charge on any atom is -0.502 e. The number of benzene rings is 2. The summed E-state index contributed by atoms with van der Waals surface area (Å²) in [6.07, 6.45) is 0. The second-order valence-corrected chi connectivity index (χ2v) is 4.65. The van der Waals surface area contributed by atoms with Crippen molar-refractivity contribution in [2.75, 3.05) is 19.0 Å². The van der Waals surface area contributed by atoms with Gasteiger partial charge in [-0.1, -0.05) is 11.8 Å². The molecule has 0 aromatic heterocycles. The molecule has 0 saturated heterocycles. The summed E-state index contributed by atoms with van der Waals surface area (Å²) in [5.74, 6) is 5.44. The van der Waals surface area contributed by atoms with Gasteiger partial charge in [-0.15, -0.1) is 0 Å². The molecule has 5 nitrogen and oxygen atoms in total. The highest BCUT2D eigenvalue weighted by molar-refractivity contribution is 5.54. The summed E-state index contributed by atoms with van der Waals surface area (Å²) in [6, 6.07) is 11.8. The van der Waals surface area contributed by atoms with Gasteiger partial charge >= 0.3 is 5.69 Å². The lowest BCUT2D eigenvalue weighted by Gasteiger charge is -2.11. The molecule has 5 heteroatoms. The minimum absolute atomic E-state index is 0.323. The molecule has 106 valence electrons. The molecule has 0 amide bonds. The van der Waals surface area contributed by atoms with Crippen LogP contribution in [-0.4, -0.2) is 24.1 Å². The smallest absolute Gasteiger partial charge is 0.310 e. The molecule has 0 bridgehead atoms. The third-order valence-corrected chi connectivity index (χ3v) is 2.91. The molecule has 0 spiro atoms. The molecule has 0 unspecified atom stereocenters. The van der Waals surface area contributed by atoms with E-state index in [1.165, 1.54) is 18.2 Å². The van der Waals surface area contributed by atoms with Gasteiger partial charge in [0.1, 0.15) is 0 Å². The number of nitro groups is 1. The lowest BCUT2D eigenvalue weighted by atomic mass is 10.1. The summed E-state index contributed by atoms with van der Waals surface area (Å²) in [5, 5.41) is 20.1. The summed E-state index contributed by atoms with van der Waals surface area (Å²) < 4.78 is 0. The Kier molecular flexibility index (Phi) is 4.10. The van der Waals surface area contributed by atoms with Gasteiger partial charge in [0.05, 0.1) is 4.92 Å². The molecular weight excluding hydrogens is 268 g/mol. The fourth-order valence-corrected chi connectivity index (χ4v) is 1.74. The van der Waals surface area contributed by atoms with E-state index >= 15 is 0 Å². The molecule has 0 atom stereocenters. The van der Waals surface area contributed by atoms with Gasteiger partial charge in [-0.05, 0) is 30.3 Å². The number of nitrogens with zero attached hydrogens (tertiary/aromatic N) is 2. The van der Waals surface area contributed by atoms with Gasteiger partial charge in [0, 0.05) is 43.0 Å². The normalized spacial score (nSPS) is 9.62. The zero-order valence-corrected chi connectivity index (χ0v) is 11.7. The van der Waals surface area contributed by atoms with Crippen molar-refractivity contribution in [1.82, 2.24) is 0 Å². The Hall–Kier alpha value is -3.00. The van der Waals surface area contributed by atoms with Crippen LogP contribution < -0.4 is 4.90 Å². The van der Waals surface area contributed by atoms with E-state index in [0.717, 1.165) is 11.3 Å². The van der Waals surface area contributed by atoms with E-state index in [-0.39, 0.29) is 11.4 Å². The van der Waals surface area contributed by atoms with Crippen LogP contribution in [0.3, 0.4) is 0 Å². The van der Waals surface area contributed by atoms with Crippen LogP contribution in [0.2, 0.25) is 0 Å². The Balaban J connectivity index is 2.23. The van der Waals surface area contributed by atoms with Crippen LogP contribution in [0.25, 0.3) is 0 Å². The largest absolute Gasteiger partial charge is 0.502 e. The fraction of sp³-hybridized carbons (Fsp3) is 0.125. The molecule has 0 fully saturated rings. The van der Waals surface area contributed by atoms with E-state index in [2.05, 4.69) is 11.8 Å². The molecule has 0 radical (unpaired) electrons. The molecule has 21 heavy (non-hydrogen) atoms. The van der Waals surface area contributed by atoms with E-state index in [1.54, 1.807) is 0 Å².